The summed E-state index contributed by atoms with van der Waals surface area (Å²) in [6, 6.07) is 7.22. The smallest absolute Gasteiger partial charge is 0.226 e. The van der Waals surface area contributed by atoms with Crippen LogP contribution in [0.3, 0.4) is 0 Å². The summed E-state index contributed by atoms with van der Waals surface area (Å²) in [6.07, 6.45) is 5.63. The number of methoxy groups -OCH3 is 1. The van der Waals surface area contributed by atoms with Gasteiger partial charge in [0.25, 0.3) is 0 Å². The standard InChI is InChI=1S/C12H13NO2/c1-3-10-6-4-5-7-11(10)13-12(14)8-9-15-2/h1,4-7H,8-9H2,2H3,(H,13,14). The van der Waals surface area contributed by atoms with Crippen molar-refractivity contribution in [3.05, 3.63) is 29.8 Å². The lowest BCUT2D eigenvalue weighted by Gasteiger charge is -2.06. The molecule has 78 valence electrons. The highest BCUT2D eigenvalue weighted by Gasteiger charge is 2.04. The van der Waals surface area contributed by atoms with Gasteiger partial charge < -0.3 is 10.1 Å². The topological polar surface area (TPSA) is 38.3 Å². The predicted octanol–water partition coefficient (Wildman–Crippen LogP) is 1.64. The average Bonchev–Trinajstić information content (AvgIpc) is 2.27. The number of anilines is 1. The molecule has 0 spiro atoms. The summed E-state index contributed by atoms with van der Waals surface area (Å²) in [5.74, 6) is 2.41. The molecule has 0 saturated heterocycles. The Bertz CT molecular complexity index is 379. The van der Waals surface area contributed by atoms with Crippen LogP contribution < -0.4 is 5.32 Å². The zero-order chi connectivity index (χ0) is 11.1. The number of carbonyl (C=O) groups excluding carboxylic acids is 1. The van der Waals surface area contributed by atoms with Crippen LogP contribution in [0.15, 0.2) is 24.3 Å². The molecule has 3 nitrogen and oxygen atoms in total. The van der Waals surface area contributed by atoms with Crippen molar-refractivity contribution in [3.8, 4) is 12.3 Å². The van der Waals surface area contributed by atoms with Crippen molar-refractivity contribution in [2.75, 3.05) is 19.0 Å². The Labute approximate surface area is 89.4 Å². The highest BCUT2D eigenvalue weighted by molar-refractivity contribution is 5.92. The summed E-state index contributed by atoms with van der Waals surface area (Å²) in [4.78, 5) is 11.4. The van der Waals surface area contributed by atoms with Crippen LogP contribution in [0.1, 0.15) is 12.0 Å². The first-order chi connectivity index (χ1) is 7.27. The van der Waals surface area contributed by atoms with Crippen LogP contribution in [0.4, 0.5) is 5.69 Å². The molecule has 3 heteroatoms. The summed E-state index contributed by atoms with van der Waals surface area (Å²) in [7, 11) is 1.56. The summed E-state index contributed by atoms with van der Waals surface area (Å²) < 4.78 is 4.81. The van der Waals surface area contributed by atoms with Crippen LogP contribution in [-0.2, 0) is 9.53 Å². The Morgan fingerprint density at radius 3 is 2.93 bits per heavy atom. The third-order valence-electron chi connectivity index (χ3n) is 1.89. The van der Waals surface area contributed by atoms with E-state index in [0.29, 0.717) is 24.3 Å². The van der Waals surface area contributed by atoms with E-state index in [0.717, 1.165) is 0 Å². The van der Waals surface area contributed by atoms with Crippen LogP contribution in [-0.4, -0.2) is 19.6 Å². The summed E-state index contributed by atoms with van der Waals surface area (Å²) in [6.45, 7) is 0.407. The summed E-state index contributed by atoms with van der Waals surface area (Å²) in [5.41, 5.74) is 1.35. The first-order valence-corrected chi connectivity index (χ1v) is 4.62. The molecule has 0 aliphatic carbocycles. The second kappa shape index (κ2) is 5.84. The highest BCUT2D eigenvalue weighted by Crippen LogP contribution is 2.13. The lowest BCUT2D eigenvalue weighted by atomic mass is 10.2. The Kier molecular flexibility index (Phi) is 4.39. The number of nitrogens with one attached hydrogen (secondary N) is 1. The number of rotatable bonds is 4. The van der Waals surface area contributed by atoms with E-state index in [1.54, 1.807) is 19.2 Å². The number of amides is 1. The van der Waals surface area contributed by atoms with Crippen molar-refractivity contribution in [1.82, 2.24) is 0 Å². The Morgan fingerprint density at radius 1 is 1.53 bits per heavy atom. The molecule has 0 radical (unpaired) electrons. The fraction of sp³-hybridized carbons (Fsp3) is 0.250. The van der Waals surface area contributed by atoms with Gasteiger partial charge in [0, 0.05) is 12.7 Å². The average molecular weight is 203 g/mol. The van der Waals surface area contributed by atoms with E-state index < -0.39 is 0 Å². The maximum Gasteiger partial charge on any atom is 0.226 e. The van der Waals surface area contributed by atoms with Crippen molar-refractivity contribution in [1.29, 1.82) is 0 Å². The molecule has 1 aromatic carbocycles. The number of terminal acetylenes is 1. The van der Waals surface area contributed by atoms with Gasteiger partial charge in [0.05, 0.1) is 18.7 Å². The van der Waals surface area contributed by atoms with Crippen LogP contribution in [0.2, 0.25) is 0 Å². The molecule has 15 heavy (non-hydrogen) atoms. The van der Waals surface area contributed by atoms with Gasteiger partial charge in [0.2, 0.25) is 5.91 Å². The fourth-order valence-corrected chi connectivity index (χ4v) is 1.13. The second-order valence-electron chi connectivity index (χ2n) is 2.98. The van der Waals surface area contributed by atoms with Gasteiger partial charge in [-0.25, -0.2) is 0 Å². The lowest BCUT2D eigenvalue weighted by molar-refractivity contribution is -0.117. The van der Waals surface area contributed by atoms with Gasteiger partial charge >= 0.3 is 0 Å². The fourth-order valence-electron chi connectivity index (χ4n) is 1.13. The minimum Gasteiger partial charge on any atom is -0.384 e. The lowest BCUT2D eigenvalue weighted by Crippen LogP contribution is -2.14. The van der Waals surface area contributed by atoms with Crippen molar-refractivity contribution in [2.45, 2.75) is 6.42 Å². The third-order valence-corrected chi connectivity index (χ3v) is 1.89. The molecule has 0 fully saturated rings. The molecule has 0 aliphatic rings. The highest BCUT2D eigenvalue weighted by atomic mass is 16.5. The number of benzene rings is 1. The Hall–Kier alpha value is -1.79. The van der Waals surface area contributed by atoms with Crippen molar-refractivity contribution in [3.63, 3.8) is 0 Å². The van der Waals surface area contributed by atoms with E-state index in [2.05, 4.69) is 11.2 Å². The maximum absolute atomic E-state index is 11.4. The van der Waals surface area contributed by atoms with Crippen molar-refractivity contribution < 1.29 is 9.53 Å². The minimum atomic E-state index is -0.0976. The quantitative estimate of drug-likeness (QED) is 0.755. The molecule has 0 aromatic heterocycles. The predicted molar refractivity (Wildman–Crippen MR) is 59.5 cm³/mol. The number of para-hydroxylation sites is 1. The molecular weight excluding hydrogens is 190 g/mol. The van der Waals surface area contributed by atoms with E-state index >= 15 is 0 Å². The minimum absolute atomic E-state index is 0.0976. The van der Waals surface area contributed by atoms with Crippen LogP contribution >= 0.6 is 0 Å². The number of ether oxygens (including phenoxy) is 1. The first kappa shape index (κ1) is 11.3. The molecule has 0 saturated carbocycles. The molecular formula is C12H13NO2. The Balaban J connectivity index is 2.64. The van der Waals surface area contributed by atoms with E-state index in [1.165, 1.54) is 0 Å². The van der Waals surface area contributed by atoms with E-state index in [-0.39, 0.29) is 5.91 Å². The SMILES string of the molecule is C#Cc1ccccc1NC(=O)CCOC. The van der Waals surface area contributed by atoms with Crippen LogP contribution in [0, 0.1) is 12.3 Å². The van der Waals surface area contributed by atoms with Gasteiger partial charge in [-0.1, -0.05) is 18.1 Å². The van der Waals surface area contributed by atoms with Gasteiger partial charge in [0.15, 0.2) is 0 Å². The molecule has 1 N–H and O–H groups in total. The molecule has 0 unspecified atom stereocenters. The number of hydrogen-bond acceptors (Lipinski definition) is 2. The first-order valence-electron chi connectivity index (χ1n) is 4.62. The Morgan fingerprint density at radius 2 is 2.27 bits per heavy atom. The van der Waals surface area contributed by atoms with E-state index in [9.17, 15) is 4.79 Å². The van der Waals surface area contributed by atoms with Crippen LogP contribution in [0.5, 0.6) is 0 Å². The van der Waals surface area contributed by atoms with E-state index in [1.807, 2.05) is 12.1 Å². The van der Waals surface area contributed by atoms with Crippen molar-refractivity contribution >= 4 is 11.6 Å². The largest absolute Gasteiger partial charge is 0.384 e. The van der Waals surface area contributed by atoms with E-state index in [4.69, 9.17) is 11.2 Å². The maximum atomic E-state index is 11.4. The molecule has 0 aliphatic heterocycles. The number of hydrogen-bond donors (Lipinski definition) is 1. The molecule has 1 amide bonds. The second-order valence-corrected chi connectivity index (χ2v) is 2.98. The molecule has 1 rings (SSSR count). The van der Waals surface area contributed by atoms with Gasteiger partial charge in [-0.3, -0.25) is 4.79 Å². The monoisotopic (exact) mass is 203 g/mol. The molecule has 0 heterocycles. The van der Waals surface area contributed by atoms with Gasteiger partial charge in [-0.05, 0) is 12.1 Å². The molecule has 0 atom stereocenters. The third kappa shape index (κ3) is 3.45. The zero-order valence-electron chi connectivity index (χ0n) is 8.62. The molecule has 1 aromatic rings. The number of carbonyl (C=O) groups is 1. The van der Waals surface area contributed by atoms with Gasteiger partial charge in [-0.2, -0.15) is 0 Å². The zero-order valence-corrected chi connectivity index (χ0v) is 8.62. The van der Waals surface area contributed by atoms with Gasteiger partial charge in [-0.15, -0.1) is 6.42 Å². The van der Waals surface area contributed by atoms with Crippen LogP contribution in [0.25, 0.3) is 0 Å². The molecule has 0 bridgehead atoms. The normalized spacial score (nSPS) is 9.33. The van der Waals surface area contributed by atoms with Crippen molar-refractivity contribution in [2.24, 2.45) is 0 Å². The van der Waals surface area contributed by atoms with Gasteiger partial charge in [0.1, 0.15) is 0 Å². The summed E-state index contributed by atoms with van der Waals surface area (Å²) >= 11 is 0. The summed E-state index contributed by atoms with van der Waals surface area (Å²) in [5, 5.41) is 2.73.